The minimum Gasteiger partial charge on any atom is -0.452 e. The first-order valence-electron chi connectivity index (χ1n) is 6.30. The van der Waals surface area contributed by atoms with Gasteiger partial charge in [-0.15, -0.1) is 0 Å². The minimum atomic E-state index is -1.98. The Hall–Kier alpha value is -2.63. The summed E-state index contributed by atoms with van der Waals surface area (Å²) in [4.78, 5) is 12.2. The third-order valence-corrected chi connectivity index (χ3v) is 3.01. The normalized spacial score (nSPS) is 11.0. The molecule has 3 aromatic rings. The van der Waals surface area contributed by atoms with E-state index in [0.717, 1.165) is 5.56 Å². The molecule has 21 heavy (non-hydrogen) atoms. The van der Waals surface area contributed by atoms with E-state index < -0.39 is 6.48 Å². The van der Waals surface area contributed by atoms with Gasteiger partial charge in [0, 0.05) is 11.6 Å². The summed E-state index contributed by atoms with van der Waals surface area (Å²) in [6.45, 7) is -1.98. The van der Waals surface area contributed by atoms with Crippen LogP contribution in [0.5, 0.6) is 5.75 Å². The second kappa shape index (κ2) is 5.40. The Labute approximate surface area is 119 Å². The highest BCUT2D eigenvalue weighted by Crippen LogP contribution is 2.28. The zero-order valence-corrected chi connectivity index (χ0v) is 10.9. The van der Waals surface area contributed by atoms with Crippen molar-refractivity contribution in [2.24, 2.45) is 0 Å². The number of aliphatic hydroxyl groups is 2. The van der Waals surface area contributed by atoms with E-state index in [1.807, 2.05) is 30.3 Å². The van der Waals surface area contributed by atoms with Crippen LogP contribution >= 0.6 is 0 Å². The predicted molar refractivity (Wildman–Crippen MR) is 76.8 cm³/mol. The number of aliphatic hydroxyl groups excluding tert-OH is 1. The molecule has 0 aliphatic rings. The molecule has 0 aliphatic carbocycles. The number of para-hydroxylation sites is 1. The zero-order valence-electron chi connectivity index (χ0n) is 10.9. The summed E-state index contributed by atoms with van der Waals surface area (Å²) < 4.78 is 10.6. The van der Waals surface area contributed by atoms with Crippen molar-refractivity contribution in [3.8, 4) is 17.1 Å². The van der Waals surface area contributed by atoms with Crippen molar-refractivity contribution in [3.63, 3.8) is 0 Å². The van der Waals surface area contributed by atoms with Crippen LogP contribution in [0, 0.1) is 0 Å². The van der Waals surface area contributed by atoms with E-state index in [-0.39, 0.29) is 16.8 Å². The summed E-state index contributed by atoms with van der Waals surface area (Å²) in [6, 6.07) is 15.2. The third kappa shape index (κ3) is 2.65. The molecule has 1 aromatic heterocycles. The van der Waals surface area contributed by atoms with E-state index in [2.05, 4.69) is 0 Å². The van der Waals surface area contributed by atoms with Crippen LogP contribution in [0.25, 0.3) is 22.3 Å². The zero-order chi connectivity index (χ0) is 14.8. The van der Waals surface area contributed by atoms with Crippen LogP contribution in [0.2, 0.25) is 0 Å². The molecule has 0 saturated carbocycles. The van der Waals surface area contributed by atoms with Gasteiger partial charge < -0.3 is 19.4 Å². The number of hydrogen-bond acceptors (Lipinski definition) is 5. The number of benzene rings is 2. The number of ether oxygens (including phenoxy) is 1. The van der Waals surface area contributed by atoms with Crippen LogP contribution in [0.1, 0.15) is 0 Å². The van der Waals surface area contributed by atoms with Crippen molar-refractivity contribution in [1.29, 1.82) is 0 Å². The first-order chi connectivity index (χ1) is 10.1. The molecule has 0 radical (unpaired) electrons. The van der Waals surface area contributed by atoms with Crippen molar-refractivity contribution >= 4 is 11.0 Å². The molecule has 0 aliphatic heterocycles. The van der Waals surface area contributed by atoms with Gasteiger partial charge in [-0.05, 0) is 12.1 Å². The topological polar surface area (TPSA) is 79.9 Å². The summed E-state index contributed by atoms with van der Waals surface area (Å²) in [5, 5.41) is 18.2. The van der Waals surface area contributed by atoms with Gasteiger partial charge in [0.05, 0.1) is 5.39 Å². The summed E-state index contributed by atoms with van der Waals surface area (Å²) in [6.07, 6.45) is 0. The van der Waals surface area contributed by atoms with Crippen molar-refractivity contribution in [3.05, 3.63) is 64.8 Å². The predicted octanol–water partition coefficient (Wildman–Crippen LogP) is 2.11. The van der Waals surface area contributed by atoms with Gasteiger partial charge in [-0.1, -0.05) is 36.4 Å². The smallest absolute Gasteiger partial charge is 0.310 e. The van der Waals surface area contributed by atoms with Crippen LogP contribution in [0.3, 0.4) is 0 Å². The lowest BCUT2D eigenvalue weighted by Gasteiger charge is -2.10. The number of hydrogen-bond donors (Lipinski definition) is 2. The third-order valence-electron chi connectivity index (χ3n) is 3.01. The summed E-state index contributed by atoms with van der Waals surface area (Å²) in [5.74, 6) is 0.481. The monoisotopic (exact) mass is 284 g/mol. The molecule has 0 fully saturated rings. The van der Waals surface area contributed by atoms with Crippen LogP contribution < -0.4 is 10.2 Å². The van der Waals surface area contributed by atoms with E-state index in [9.17, 15) is 4.79 Å². The summed E-state index contributed by atoms with van der Waals surface area (Å²) >= 11 is 0. The van der Waals surface area contributed by atoms with Gasteiger partial charge in [-0.3, -0.25) is 4.79 Å². The van der Waals surface area contributed by atoms with E-state index in [0.29, 0.717) is 11.1 Å². The number of fused-ring (bicyclic) bond motifs is 1. The lowest BCUT2D eigenvalue weighted by atomic mass is 10.1. The Morgan fingerprint density at radius 3 is 2.48 bits per heavy atom. The second-order valence-electron chi connectivity index (χ2n) is 4.42. The Morgan fingerprint density at radius 2 is 1.76 bits per heavy atom. The fraction of sp³-hybridized carbons (Fsp3) is 0.0625. The van der Waals surface area contributed by atoms with E-state index in [1.165, 1.54) is 12.1 Å². The fourth-order valence-corrected chi connectivity index (χ4v) is 2.10. The lowest BCUT2D eigenvalue weighted by Crippen LogP contribution is -2.14. The van der Waals surface area contributed by atoms with Crippen molar-refractivity contribution in [2.75, 3.05) is 0 Å². The van der Waals surface area contributed by atoms with Crippen molar-refractivity contribution in [2.45, 2.75) is 6.48 Å². The molecule has 106 valence electrons. The highest BCUT2D eigenvalue weighted by molar-refractivity contribution is 5.84. The quantitative estimate of drug-likeness (QED) is 0.720. The van der Waals surface area contributed by atoms with Crippen LogP contribution in [-0.4, -0.2) is 16.7 Å². The van der Waals surface area contributed by atoms with E-state index >= 15 is 0 Å². The molecule has 2 aromatic carbocycles. The fourth-order valence-electron chi connectivity index (χ4n) is 2.10. The summed E-state index contributed by atoms with van der Waals surface area (Å²) in [5.41, 5.74) is 0.695. The Balaban J connectivity index is 2.24. The number of rotatable bonds is 3. The lowest BCUT2D eigenvalue weighted by molar-refractivity contribution is -0.179. The first kappa shape index (κ1) is 13.4. The highest BCUT2D eigenvalue weighted by Gasteiger charge is 2.12. The van der Waals surface area contributed by atoms with Gasteiger partial charge in [-0.25, -0.2) is 0 Å². The van der Waals surface area contributed by atoms with Gasteiger partial charge in [0.15, 0.2) is 16.8 Å². The molecule has 0 bridgehead atoms. The minimum absolute atomic E-state index is 0.0948. The van der Waals surface area contributed by atoms with Crippen LogP contribution in [0.4, 0.5) is 0 Å². The second-order valence-corrected chi connectivity index (χ2v) is 4.42. The SMILES string of the molecule is O=c1cc(-c2ccccc2)oc2c(OC(O)O)cccc12. The van der Waals surface area contributed by atoms with Gasteiger partial charge in [0.25, 0.3) is 0 Å². The van der Waals surface area contributed by atoms with E-state index in [1.54, 1.807) is 12.1 Å². The Bertz CT molecular complexity index is 821. The van der Waals surface area contributed by atoms with Crippen molar-refractivity contribution < 1.29 is 19.4 Å². The average Bonchev–Trinajstić information content (AvgIpc) is 2.48. The molecular weight excluding hydrogens is 272 g/mol. The molecular formula is C16H12O5. The maximum atomic E-state index is 12.2. The standard InChI is InChI=1S/C16H12O5/c17-12-9-14(10-5-2-1-3-6-10)20-15-11(12)7-4-8-13(15)21-16(18)19/h1-9,16,18-19H. The molecule has 3 rings (SSSR count). The largest absolute Gasteiger partial charge is 0.452 e. The van der Waals surface area contributed by atoms with Gasteiger partial charge >= 0.3 is 6.48 Å². The van der Waals surface area contributed by atoms with Crippen LogP contribution in [0.15, 0.2) is 63.8 Å². The molecule has 1 heterocycles. The Morgan fingerprint density at radius 1 is 1.00 bits per heavy atom. The molecule has 0 unspecified atom stereocenters. The molecule has 0 saturated heterocycles. The summed E-state index contributed by atoms with van der Waals surface area (Å²) in [7, 11) is 0. The Kier molecular flexibility index (Phi) is 3.43. The molecule has 5 heteroatoms. The molecule has 5 nitrogen and oxygen atoms in total. The molecule has 2 N–H and O–H groups in total. The van der Waals surface area contributed by atoms with Crippen molar-refractivity contribution in [1.82, 2.24) is 0 Å². The molecule has 0 amide bonds. The highest BCUT2D eigenvalue weighted by atomic mass is 16.7. The van der Waals surface area contributed by atoms with Gasteiger partial charge in [-0.2, -0.15) is 0 Å². The van der Waals surface area contributed by atoms with Gasteiger partial charge in [0.1, 0.15) is 5.76 Å². The molecule has 0 atom stereocenters. The first-order valence-corrected chi connectivity index (χ1v) is 6.30. The average molecular weight is 284 g/mol. The maximum absolute atomic E-state index is 12.2. The maximum Gasteiger partial charge on any atom is 0.310 e. The van der Waals surface area contributed by atoms with Gasteiger partial charge in [0.2, 0.25) is 0 Å². The molecule has 0 spiro atoms. The van der Waals surface area contributed by atoms with E-state index in [4.69, 9.17) is 19.4 Å². The van der Waals surface area contributed by atoms with Crippen LogP contribution in [-0.2, 0) is 0 Å².